The third-order valence-corrected chi connectivity index (χ3v) is 4.15. The number of ether oxygens (including phenoxy) is 4. The molecule has 0 unspecified atom stereocenters. The average molecular weight is 331 g/mol. The summed E-state index contributed by atoms with van der Waals surface area (Å²) < 4.78 is 21.6. The van der Waals surface area contributed by atoms with E-state index in [9.17, 15) is 0 Å². The first-order chi connectivity index (χ1) is 11.2. The van der Waals surface area contributed by atoms with Crippen LogP contribution in [0.4, 0.5) is 0 Å². The van der Waals surface area contributed by atoms with Gasteiger partial charge in [-0.1, -0.05) is 0 Å². The third kappa shape index (κ3) is 3.96. The fourth-order valence-electron chi connectivity index (χ4n) is 2.20. The Labute approximate surface area is 138 Å². The molecule has 0 N–H and O–H groups in total. The van der Waals surface area contributed by atoms with Crippen molar-refractivity contribution in [2.75, 3.05) is 28.4 Å². The molecule has 0 radical (unpaired) electrons. The van der Waals surface area contributed by atoms with Gasteiger partial charge in [0.25, 0.3) is 0 Å². The zero-order chi connectivity index (χ0) is 16.7. The van der Waals surface area contributed by atoms with E-state index in [1.165, 1.54) is 0 Å². The topological polar surface area (TPSA) is 36.9 Å². The number of rotatable bonds is 6. The molecule has 2 aromatic carbocycles. The van der Waals surface area contributed by atoms with Crippen molar-refractivity contribution in [3.8, 4) is 23.0 Å². The van der Waals surface area contributed by atoms with Crippen molar-refractivity contribution in [3.05, 3.63) is 47.5 Å². The molecule has 0 aliphatic rings. The van der Waals surface area contributed by atoms with Gasteiger partial charge in [-0.2, -0.15) is 0 Å². The van der Waals surface area contributed by atoms with Gasteiger partial charge in [-0.25, -0.2) is 0 Å². The molecule has 0 saturated carbocycles. The Morgan fingerprint density at radius 2 is 0.913 bits per heavy atom. The summed E-state index contributed by atoms with van der Waals surface area (Å²) in [6, 6.07) is 11.4. The van der Waals surface area contributed by atoms with Crippen molar-refractivity contribution < 1.29 is 18.9 Å². The number of benzene rings is 2. The summed E-state index contributed by atoms with van der Waals surface area (Å²) in [5.41, 5.74) is 1.84. The molecule has 2 aromatic rings. The molecule has 4 nitrogen and oxygen atoms in total. The Balaban J connectivity index is 2.47. The number of hydrogen-bond acceptors (Lipinski definition) is 4. The van der Waals surface area contributed by atoms with Crippen molar-refractivity contribution in [1.29, 1.82) is 0 Å². The fourth-order valence-corrected chi connectivity index (χ4v) is 3.08. The van der Waals surface area contributed by atoms with Gasteiger partial charge in [-0.05, 0) is 0 Å². The van der Waals surface area contributed by atoms with Gasteiger partial charge in [0.1, 0.15) is 0 Å². The Hall–Kier alpha value is -2.19. The molecule has 0 aliphatic carbocycles. The molecule has 5 heteroatoms. The van der Waals surface area contributed by atoms with E-state index in [2.05, 4.69) is 0 Å². The zero-order valence-corrected chi connectivity index (χ0v) is 14.6. The predicted molar refractivity (Wildman–Crippen MR) is 96.3 cm³/mol. The molecule has 0 saturated heterocycles. The molecule has 23 heavy (non-hydrogen) atoms. The van der Waals surface area contributed by atoms with Crippen LogP contribution in [0.2, 0.25) is 0 Å². The van der Waals surface area contributed by atoms with Crippen LogP contribution >= 0.6 is 7.83 Å². The van der Waals surface area contributed by atoms with Crippen LogP contribution in [0.3, 0.4) is 0 Å². The average Bonchev–Trinajstić information content (AvgIpc) is 2.61. The Bertz CT molecular complexity index is 630. The second kappa shape index (κ2) is 8.44. The summed E-state index contributed by atoms with van der Waals surface area (Å²) in [6.45, 7) is 0. The van der Waals surface area contributed by atoms with E-state index in [4.69, 9.17) is 18.9 Å². The summed E-state index contributed by atoms with van der Waals surface area (Å²) in [7, 11) is 7.56. The summed E-state index contributed by atoms with van der Waals surface area (Å²) in [5, 5.41) is 0. The van der Waals surface area contributed by atoms with Crippen molar-refractivity contribution in [2.45, 2.75) is 0 Å². The van der Waals surface area contributed by atoms with Gasteiger partial charge < -0.3 is 0 Å². The summed E-state index contributed by atoms with van der Waals surface area (Å²) in [5.74, 6) is 7.16. The standard InChI is InChI=1S/C18H20O4P/c1-19-15-7-5-8-16(20-2)13(15)11-23-12-14-17(21-3)9-6-10-18(14)22-4/h5-12H,1-4H3/q+1. The summed E-state index contributed by atoms with van der Waals surface area (Å²) in [6.07, 6.45) is 0. The van der Waals surface area contributed by atoms with Crippen molar-refractivity contribution in [3.63, 3.8) is 0 Å². The van der Waals surface area contributed by atoms with Gasteiger partial charge >= 0.3 is 137 Å². The number of methoxy groups -OCH3 is 4. The van der Waals surface area contributed by atoms with Crippen LogP contribution in [-0.4, -0.2) is 40.0 Å². The van der Waals surface area contributed by atoms with Crippen molar-refractivity contribution >= 4 is 19.4 Å². The molecule has 0 heterocycles. The fraction of sp³-hybridized carbons (Fsp3) is 0.222. The molecular formula is C18H20O4P+. The van der Waals surface area contributed by atoms with Gasteiger partial charge in [0, 0.05) is 0 Å². The molecular weight excluding hydrogens is 311 g/mol. The molecule has 0 aliphatic heterocycles. The van der Waals surface area contributed by atoms with Crippen LogP contribution in [0.15, 0.2) is 36.4 Å². The van der Waals surface area contributed by atoms with Crippen LogP contribution in [0, 0.1) is 0 Å². The van der Waals surface area contributed by atoms with Crippen LogP contribution in [0.1, 0.15) is 11.1 Å². The Morgan fingerprint density at radius 3 is 1.17 bits per heavy atom. The second-order valence-electron chi connectivity index (χ2n) is 4.56. The van der Waals surface area contributed by atoms with E-state index < -0.39 is 0 Å². The van der Waals surface area contributed by atoms with E-state index >= 15 is 0 Å². The molecule has 120 valence electrons. The summed E-state index contributed by atoms with van der Waals surface area (Å²) >= 11 is 0. The van der Waals surface area contributed by atoms with Crippen LogP contribution < -0.4 is 18.9 Å². The van der Waals surface area contributed by atoms with Gasteiger partial charge in [0.05, 0.1) is 0 Å². The maximum atomic E-state index is 5.40. The quantitative estimate of drug-likeness (QED) is 0.757. The molecule has 2 rings (SSSR count). The maximum absolute atomic E-state index is 5.40. The second-order valence-corrected chi connectivity index (χ2v) is 5.37. The van der Waals surface area contributed by atoms with Crippen molar-refractivity contribution in [1.82, 2.24) is 0 Å². The minimum absolute atomic E-state index is 0.775. The van der Waals surface area contributed by atoms with Crippen LogP contribution in [0.25, 0.3) is 0 Å². The van der Waals surface area contributed by atoms with E-state index in [1.807, 2.05) is 48.0 Å². The molecule has 0 spiro atoms. The monoisotopic (exact) mass is 331 g/mol. The van der Waals surface area contributed by atoms with E-state index in [0.29, 0.717) is 0 Å². The van der Waals surface area contributed by atoms with Gasteiger partial charge in [-0.15, -0.1) is 0 Å². The summed E-state index contributed by atoms with van der Waals surface area (Å²) in [4.78, 5) is 0. The Morgan fingerprint density at radius 1 is 0.609 bits per heavy atom. The van der Waals surface area contributed by atoms with E-state index in [0.717, 1.165) is 42.0 Å². The third-order valence-electron chi connectivity index (χ3n) is 3.34. The Kier molecular flexibility index (Phi) is 6.30. The molecule has 0 amide bonds. The van der Waals surface area contributed by atoms with Gasteiger partial charge in [-0.3, -0.25) is 0 Å². The van der Waals surface area contributed by atoms with E-state index in [1.54, 1.807) is 28.4 Å². The first-order valence-corrected chi connectivity index (χ1v) is 8.06. The van der Waals surface area contributed by atoms with E-state index in [-0.39, 0.29) is 0 Å². The normalized spacial score (nSPS) is 9.74. The zero-order valence-electron chi connectivity index (χ0n) is 13.7. The molecule has 0 bridgehead atoms. The minimum atomic E-state index is 0.775. The molecule has 0 fully saturated rings. The predicted octanol–water partition coefficient (Wildman–Crippen LogP) is 3.67. The first kappa shape index (κ1) is 17.2. The number of hydrogen-bond donors (Lipinski definition) is 0. The molecule has 0 aromatic heterocycles. The van der Waals surface area contributed by atoms with Gasteiger partial charge in [0.15, 0.2) is 0 Å². The van der Waals surface area contributed by atoms with Crippen molar-refractivity contribution in [2.24, 2.45) is 0 Å². The SMILES string of the molecule is COc1cccc(OC)c1C=[P+]=Cc1c(OC)cccc1OC. The first-order valence-electron chi connectivity index (χ1n) is 7.03. The molecule has 0 atom stereocenters. The van der Waals surface area contributed by atoms with Crippen LogP contribution in [-0.2, 0) is 0 Å². The van der Waals surface area contributed by atoms with Crippen LogP contribution in [0.5, 0.6) is 23.0 Å². The van der Waals surface area contributed by atoms with Gasteiger partial charge in [0.2, 0.25) is 0 Å².